The zero-order valence-electron chi connectivity index (χ0n) is 18.2. The highest BCUT2D eigenvalue weighted by Gasteiger charge is 2.42. The number of nitrogens with zero attached hydrogens (tertiary/aromatic N) is 2. The van der Waals surface area contributed by atoms with E-state index < -0.39 is 31.9 Å². The fraction of sp³-hybridized carbons (Fsp3) is 0.208. The Labute approximate surface area is 194 Å². The van der Waals surface area contributed by atoms with Crippen LogP contribution >= 0.6 is 0 Å². The quantitative estimate of drug-likeness (QED) is 0.532. The standard InChI is InChI=1S/C24H24N2O5S2/c1-18-15-22(26-24(27)19(2)17-32(26,28)29)13-14-23(18)33(30,31)25(21-11-7-4-8-12-21)16-20-9-5-3-6-10-20/h3-15,19H,16-17H2,1-2H3/t19-/m0/s1. The maximum absolute atomic E-state index is 13.8. The molecule has 0 spiro atoms. The van der Waals surface area contributed by atoms with Crippen LogP contribution in [0.4, 0.5) is 11.4 Å². The van der Waals surface area contributed by atoms with E-state index in [1.807, 2.05) is 36.4 Å². The van der Waals surface area contributed by atoms with Crippen molar-refractivity contribution in [2.24, 2.45) is 5.92 Å². The average Bonchev–Trinajstić information content (AvgIpc) is 2.99. The van der Waals surface area contributed by atoms with E-state index in [0.29, 0.717) is 11.3 Å². The lowest BCUT2D eigenvalue weighted by Gasteiger charge is -2.26. The van der Waals surface area contributed by atoms with E-state index in [9.17, 15) is 21.6 Å². The number of carbonyl (C=O) groups is 1. The predicted molar refractivity (Wildman–Crippen MR) is 128 cm³/mol. The van der Waals surface area contributed by atoms with Gasteiger partial charge in [0, 0.05) is 0 Å². The molecular formula is C24H24N2O5S2. The lowest BCUT2D eigenvalue weighted by Crippen LogP contribution is -2.32. The van der Waals surface area contributed by atoms with E-state index in [-0.39, 0.29) is 22.9 Å². The molecule has 0 radical (unpaired) electrons. The summed E-state index contributed by atoms with van der Waals surface area (Å²) in [6.45, 7) is 3.29. The molecule has 3 aromatic rings. The third-order valence-electron chi connectivity index (χ3n) is 5.53. The molecule has 0 aliphatic carbocycles. The summed E-state index contributed by atoms with van der Waals surface area (Å²) in [5.41, 5.74) is 1.83. The summed E-state index contributed by atoms with van der Waals surface area (Å²) in [4.78, 5) is 12.5. The minimum Gasteiger partial charge on any atom is -0.273 e. The predicted octanol–water partition coefficient (Wildman–Crippen LogP) is 3.70. The van der Waals surface area contributed by atoms with Crippen molar-refractivity contribution >= 4 is 37.3 Å². The maximum atomic E-state index is 13.8. The Kier molecular flexibility index (Phi) is 6.02. The zero-order valence-corrected chi connectivity index (χ0v) is 19.9. The number of amides is 1. The highest BCUT2D eigenvalue weighted by Crippen LogP contribution is 2.33. The van der Waals surface area contributed by atoms with Crippen molar-refractivity contribution in [2.75, 3.05) is 14.4 Å². The maximum Gasteiger partial charge on any atom is 0.264 e. The van der Waals surface area contributed by atoms with Gasteiger partial charge >= 0.3 is 0 Å². The van der Waals surface area contributed by atoms with Gasteiger partial charge in [0.25, 0.3) is 10.0 Å². The first-order valence-electron chi connectivity index (χ1n) is 10.4. The summed E-state index contributed by atoms with van der Waals surface area (Å²) >= 11 is 0. The van der Waals surface area contributed by atoms with Crippen LogP contribution in [0.2, 0.25) is 0 Å². The SMILES string of the molecule is Cc1cc(N2C(=O)[C@@H](C)CS2(=O)=O)ccc1S(=O)(=O)N(Cc1ccccc1)c1ccccc1. The second-order valence-electron chi connectivity index (χ2n) is 8.06. The van der Waals surface area contributed by atoms with Gasteiger partial charge in [-0.05, 0) is 48.4 Å². The number of rotatable bonds is 6. The lowest BCUT2D eigenvalue weighted by atomic mass is 10.2. The van der Waals surface area contributed by atoms with Gasteiger partial charge in [-0.2, -0.15) is 0 Å². The zero-order chi connectivity index (χ0) is 23.8. The molecule has 172 valence electrons. The molecule has 1 amide bonds. The van der Waals surface area contributed by atoms with E-state index >= 15 is 0 Å². The number of sulfonamides is 2. The van der Waals surface area contributed by atoms with E-state index in [2.05, 4.69) is 0 Å². The van der Waals surface area contributed by atoms with Crippen molar-refractivity contribution in [2.45, 2.75) is 25.3 Å². The Morgan fingerprint density at radius 3 is 2.12 bits per heavy atom. The number of carbonyl (C=O) groups excluding carboxylic acids is 1. The number of aryl methyl sites for hydroxylation is 1. The van der Waals surface area contributed by atoms with Crippen LogP contribution < -0.4 is 8.61 Å². The van der Waals surface area contributed by atoms with Gasteiger partial charge in [-0.15, -0.1) is 0 Å². The van der Waals surface area contributed by atoms with Gasteiger partial charge in [0.05, 0.1) is 34.5 Å². The van der Waals surface area contributed by atoms with Crippen LogP contribution in [-0.2, 0) is 31.4 Å². The van der Waals surface area contributed by atoms with Crippen molar-refractivity contribution < 1.29 is 21.6 Å². The second-order valence-corrected chi connectivity index (χ2v) is 11.8. The average molecular weight is 485 g/mol. The molecule has 1 atom stereocenters. The molecule has 1 aliphatic heterocycles. The van der Waals surface area contributed by atoms with E-state index in [1.165, 1.54) is 22.5 Å². The van der Waals surface area contributed by atoms with Crippen molar-refractivity contribution in [1.82, 2.24) is 0 Å². The molecule has 0 bridgehead atoms. The minimum atomic E-state index is -4.00. The molecule has 1 saturated heterocycles. The molecule has 1 fully saturated rings. The highest BCUT2D eigenvalue weighted by molar-refractivity contribution is 7.94. The summed E-state index contributed by atoms with van der Waals surface area (Å²) in [6, 6.07) is 22.2. The van der Waals surface area contributed by atoms with E-state index in [4.69, 9.17) is 0 Å². The van der Waals surface area contributed by atoms with Crippen LogP contribution in [-0.4, -0.2) is 28.5 Å². The Balaban J connectivity index is 1.76. The number of benzene rings is 3. The van der Waals surface area contributed by atoms with Gasteiger partial charge in [0.2, 0.25) is 15.9 Å². The molecule has 0 N–H and O–H groups in total. The molecule has 1 heterocycles. The van der Waals surface area contributed by atoms with Gasteiger partial charge in [-0.3, -0.25) is 9.10 Å². The molecule has 0 saturated carbocycles. The highest BCUT2D eigenvalue weighted by atomic mass is 32.2. The fourth-order valence-electron chi connectivity index (χ4n) is 3.91. The van der Waals surface area contributed by atoms with Crippen molar-refractivity contribution in [3.05, 3.63) is 90.0 Å². The first-order chi connectivity index (χ1) is 15.6. The fourth-order valence-corrected chi connectivity index (χ4v) is 7.39. The Morgan fingerprint density at radius 2 is 1.58 bits per heavy atom. The summed E-state index contributed by atoms with van der Waals surface area (Å²) in [5.74, 6) is -1.41. The van der Waals surface area contributed by atoms with E-state index in [0.717, 1.165) is 9.87 Å². The van der Waals surface area contributed by atoms with Crippen LogP contribution in [0.15, 0.2) is 83.8 Å². The summed E-state index contributed by atoms with van der Waals surface area (Å²) in [6.07, 6.45) is 0. The van der Waals surface area contributed by atoms with Gasteiger partial charge < -0.3 is 0 Å². The molecule has 9 heteroatoms. The Hall–Kier alpha value is -3.17. The van der Waals surface area contributed by atoms with Crippen molar-refractivity contribution in [3.8, 4) is 0 Å². The number of hydrogen-bond donors (Lipinski definition) is 0. The molecule has 1 aliphatic rings. The monoisotopic (exact) mass is 484 g/mol. The summed E-state index contributed by atoms with van der Waals surface area (Å²) in [7, 11) is -7.78. The van der Waals surface area contributed by atoms with Crippen molar-refractivity contribution in [1.29, 1.82) is 0 Å². The summed E-state index contributed by atoms with van der Waals surface area (Å²) in [5, 5.41) is 0. The Bertz CT molecular complexity index is 1390. The van der Waals surface area contributed by atoms with Gasteiger partial charge in [0.1, 0.15) is 0 Å². The first-order valence-corrected chi connectivity index (χ1v) is 13.5. The van der Waals surface area contributed by atoms with Gasteiger partial charge in [-0.1, -0.05) is 55.5 Å². The van der Waals surface area contributed by atoms with Crippen LogP contribution in [0.25, 0.3) is 0 Å². The molecule has 0 unspecified atom stereocenters. The van der Waals surface area contributed by atoms with Crippen LogP contribution in [0, 0.1) is 12.8 Å². The molecule has 0 aromatic heterocycles. The third kappa shape index (κ3) is 4.38. The van der Waals surface area contributed by atoms with Crippen molar-refractivity contribution in [3.63, 3.8) is 0 Å². The second kappa shape index (κ2) is 8.64. The number of anilines is 2. The molecule has 3 aromatic carbocycles. The lowest BCUT2D eigenvalue weighted by molar-refractivity contribution is -0.119. The topological polar surface area (TPSA) is 91.8 Å². The Morgan fingerprint density at radius 1 is 0.970 bits per heavy atom. The molecular weight excluding hydrogens is 460 g/mol. The largest absolute Gasteiger partial charge is 0.273 e. The number of para-hydroxylation sites is 1. The number of hydrogen-bond acceptors (Lipinski definition) is 5. The van der Waals surface area contributed by atoms with Gasteiger partial charge in [0.15, 0.2) is 0 Å². The van der Waals surface area contributed by atoms with Crippen LogP contribution in [0.3, 0.4) is 0 Å². The minimum absolute atomic E-state index is 0.0446. The third-order valence-corrected chi connectivity index (χ3v) is 9.34. The summed E-state index contributed by atoms with van der Waals surface area (Å²) < 4.78 is 54.5. The van der Waals surface area contributed by atoms with Crippen LogP contribution in [0.5, 0.6) is 0 Å². The molecule has 33 heavy (non-hydrogen) atoms. The molecule has 7 nitrogen and oxygen atoms in total. The van der Waals surface area contributed by atoms with Crippen LogP contribution in [0.1, 0.15) is 18.1 Å². The normalized spacial score (nSPS) is 17.8. The van der Waals surface area contributed by atoms with E-state index in [1.54, 1.807) is 38.1 Å². The smallest absolute Gasteiger partial charge is 0.264 e. The van der Waals surface area contributed by atoms with Gasteiger partial charge in [-0.25, -0.2) is 21.1 Å². The molecule has 4 rings (SSSR count). The first kappa shape index (κ1) is 23.0.